The number of piperazine rings is 1. The van der Waals surface area contributed by atoms with Crippen molar-refractivity contribution >= 4 is 44.5 Å². The van der Waals surface area contributed by atoms with Gasteiger partial charge >= 0.3 is 0 Å². The van der Waals surface area contributed by atoms with E-state index in [4.69, 9.17) is 0 Å². The highest BCUT2D eigenvalue weighted by atomic mass is 32.2. The minimum Gasteiger partial charge on any atom is -0.369 e. The molecule has 0 amide bonds. The summed E-state index contributed by atoms with van der Waals surface area (Å²) in [6.45, 7) is 7.90. The van der Waals surface area contributed by atoms with Gasteiger partial charge in [-0.2, -0.15) is 4.98 Å². The van der Waals surface area contributed by atoms with Crippen molar-refractivity contribution in [3.8, 4) is 0 Å². The predicted octanol–water partition coefficient (Wildman–Crippen LogP) is 4.32. The lowest BCUT2D eigenvalue weighted by molar-refractivity contribution is 0.313. The molecule has 3 N–H and O–H groups in total. The van der Waals surface area contributed by atoms with Crippen molar-refractivity contribution in [2.75, 3.05) is 53.5 Å². The van der Waals surface area contributed by atoms with Crippen LogP contribution in [0.3, 0.4) is 0 Å². The van der Waals surface area contributed by atoms with Crippen molar-refractivity contribution in [2.24, 2.45) is 0 Å². The van der Waals surface area contributed by atoms with Crippen LogP contribution in [0.1, 0.15) is 25.3 Å². The molecule has 0 atom stereocenters. The Hall–Kier alpha value is -3.37. The lowest BCUT2D eigenvalue weighted by atomic mass is 10.2. The summed E-state index contributed by atoms with van der Waals surface area (Å²) in [4.78, 5) is 13.8. The van der Waals surface area contributed by atoms with E-state index in [2.05, 4.69) is 54.3 Å². The third-order valence-corrected chi connectivity index (χ3v) is 9.15. The molecule has 1 aliphatic heterocycles. The first-order valence-electron chi connectivity index (χ1n) is 12.2. The van der Waals surface area contributed by atoms with Crippen LogP contribution in [-0.4, -0.2) is 61.3 Å². The van der Waals surface area contributed by atoms with E-state index in [1.54, 1.807) is 25.3 Å². The van der Waals surface area contributed by atoms with Crippen LogP contribution in [0.2, 0.25) is 0 Å². The molecule has 5 rings (SSSR count). The molecule has 1 aliphatic carbocycles. The third-order valence-electron chi connectivity index (χ3n) is 6.94. The number of anilines is 6. The normalized spacial score (nSPS) is 17.5. The first kappa shape index (κ1) is 24.3. The van der Waals surface area contributed by atoms with E-state index >= 15 is 0 Å². The molecule has 0 spiro atoms. The molecule has 2 aromatic carbocycles. The van der Waals surface area contributed by atoms with Gasteiger partial charge in [-0.3, -0.25) is 4.72 Å². The number of sulfonamides is 1. The zero-order valence-corrected chi connectivity index (χ0v) is 21.8. The molecule has 1 saturated heterocycles. The number of nitrogens with one attached hydrogen (secondary N) is 3. The highest BCUT2D eigenvalue weighted by molar-refractivity contribution is 7.94. The van der Waals surface area contributed by atoms with E-state index in [9.17, 15) is 8.42 Å². The van der Waals surface area contributed by atoms with Gasteiger partial charge in [0.25, 0.3) is 0 Å². The Morgan fingerprint density at radius 2 is 1.61 bits per heavy atom. The third kappa shape index (κ3) is 5.39. The second-order valence-electron chi connectivity index (χ2n) is 9.95. The summed E-state index contributed by atoms with van der Waals surface area (Å²) >= 11 is 0. The molecule has 2 aliphatic rings. The summed E-state index contributed by atoms with van der Waals surface area (Å²) in [5.74, 6) is 1.13. The smallest absolute Gasteiger partial charge is 0.238 e. The fraction of sp³-hybridized carbons (Fsp3) is 0.385. The summed E-state index contributed by atoms with van der Waals surface area (Å²) in [7, 11) is -1.26. The van der Waals surface area contributed by atoms with Crippen LogP contribution >= 0.6 is 0 Å². The van der Waals surface area contributed by atoms with Gasteiger partial charge < -0.3 is 20.4 Å². The average Bonchev–Trinajstić information content (AvgIpc) is 3.62. The van der Waals surface area contributed by atoms with Crippen LogP contribution in [0.4, 0.5) is 34.5 Å². The Kier molecular flexibility index (Phi) is 6.48. The lowest BCUT2D eigenvalue weighted by Crippen LogP contribution is -2.44. The summed E-state index contributed by atoms with van der Waals surface area (Å²) in [5, 5.41) is 6.58. The zero-order chi connectivity index (χ0) is 25.3. The maximum absolute atomic E-state index is 12.6. The molecule has 1 aromatic heterocycles. The van der Waals surface area contributed by atoms with Crippen LogP contribution in [-0.2, 0) is 10.0 Å². The number of aromatic nitrogens is 2. The number of benzene rings is 2. The van der Waals surface area contributed by atoms with Gasteiger partial charge in [0.1, 0.15) is 5.82 Å². The van der Waals surface area contributed by atoms with Crippen molar-refractivity contribution in [2.45, 2.75) is 31.4 Å². The van der Waals surface area contributed by atoms with Crippen molar-refractivity contribution in [1.29, 1.82) is 0 Å². The van der Waals surface area contributed by atoms with Gasteiger partial charge in [-0.05, 0) is 76.2 Å². The molecular weight excluding hydrogens is 474 g/mol. The monoisotopic (exact) mass is 507 g/mol. The molecule has 10 heteroatoms. The first-order valence-corrected chi connectivity index (χ1v) is 13.7. The molecule has 2 fully saturated rings. The molecule has 2 heterocycles. The van der Waals surface area contributed by atoms with E-state index in [1.807, 2.05) is 31.2 Å². The number of hydrogen-bond donors (Lipinski definition) is 3. The quantitative estimate of drug-likeness (QED) is 0.414. The van der Waals surface area contributed by atoms with Crippen LogP contribution in [0.5, 0.6) is 0 Å². The average molecular weight is 508 g/mol. The minimum absolute atomic E-state index is 0.481. The highest BCUT2D eigenvalue weighted by Crippen LogP contribution is 2.43. The fourth-order valence-electron chi connectivity index (χ4n) is 4.10. The van der Waals surface area contributed by atoms with Crippen LogP contribution in [0, 0.1) is 6.92 Å². The van der Waals surface area contributed by atoms with Gasteiger partial charge in [0.15, 0.2) is 0 Å². The van der Waals surface area contributed by atoms with Crippen LogP contribution in [0.15, 0.2) is 54.7 Å². The molecule has 0 radical (unpaired) electrons. The Labute approximate surface area is 213 Å². The van der Waals surface area contributed by atoms with Crippen molar-refractivity contribution in [3.63, 3.8) is 0 Å². The van der Waals surface area contributed by atoms with Gasteiger partial charge in [0, 0.05) is 55.0 Å². The van der Waals surface area contributed by atoms with Crippen molar-refractivity contribution in [1.82, 2.24) is 14.9 Å². The Morgan fingerprint density at radius 1 is 0.917 bits per heavy atom. The second kappa shape index (κ2) is 9.59. The van der Waals surface area contributed by atoms with Gasteiger partial charge in [0.2, 0.25) is 16.0 Å². The summed E-state index contributed by atoms with van der Waals surface area (Å²) in [6, 6.07) is 15.5. The summed E-state index contributed by atoms with van der Waals surface area (Å²) < 4.78 is 27.2. The van der Waals surface area contributed by atoms with E-state index in [-0.39, 0.29) is 0 Å². The topological polar surface area (TPSA) is 102 Å². The summed E-state index contributed by atoms with van der Waals surface area (Å²) in [6.07, 6.45) is 3.14. The maximum atomic E-state index is 12.6. The highest BCUT2D eigenvalue weighted by Gasteiger charge is 2.50. The van der Waals surface area contributed by atoms with Gasteiger partial charge in [-0.15, -0.1) is 0 Å². The van der Waals surface area contributed by atoms with Crippen molar-refractivity contribution in [3.05, 3.63) is 60.3 Å². The van der Waals surface area contributed by atoms with E-state index in [1.165, 1.54) is 5.69 Å². The molecule has 190 valence electrons. The molecule has 1 saturated carbocycles. The number of rotatable bonds is 8. The number of likely N-dealkylation sites (N-methyl/N-ethyl adjacent to an activating group) is 1. The number of nitrogens with zero attached hydrogens (tertiary/aromatic N) is 4. The SMILES string of the molecule is Cc1cnc(Nc2ccc(N3CCN(C)CC3)cc2)nc1Nc1cccc(NS(=O)(=O)C2(C)CC2)c1. The van der Waals surface area contributed by atoms with E-state index in [0.29, 0.717) is 30.3 Å². The van der Waals surface area contributed by atoms with E-state index in [0.717, 1.165) is 43.1 Å². The fourth-order valence-corrected chi connectivity index (χ4v) is 5.42. The second-order valence-corrected chi connectivity index (χ2v) is 12.1. The molecular formula is C26H33N7O2S. The molecule has 3 aromatic rings. The van der Waals surface area contributed by atoms with Crippen LogP contribution in [0.25, 0.3) is 0 Å². The van der Waals surface area contributed by atoms with Gasteiger partial charge in [-0.1, -0.05) is 6.07 Å². The van der Waals surface area contributed by atoms with Crippen LogP contribution < -0.4 is 20.3 Å². The standard InChI is InChI=1S/C26H33N7O2S/c1-19-18-27-25(29-20-7-9-23(10-8-20)33-15-13-32(3)14-16-33)30-24(19)28-21-5-4-6-22(17-21)31-36(34,35)26(2)11-12-26/h4-10,17-18,31H,11-16H2,1-3H3,(H2,27,28,29,30). The molecule has 0 bridgehead atoms. The number of aryl methyl sites for hydroxylation is 1. The minimum atomic E-state index is -3.41. The summed E-state index contributed by atoms with van der Waals surface area (Å²) in [5.41, 5.74) is 4.26. The molecule has 36 heavy (non-hydrogen) atoms. The Morgan fingerprint density at radius 3 is 2.31 bits per heavy atom. The Bertz CT molecular complexity index is 1330. The largest absolute Gasteiger partial charge is 0.369 e. The number of hydrogen-bond acceptors (Lipinski definition) is 8. The van der Waals surface area contributed by atoms with Crippen molar-refractivity contribution < 1.29 is 8.42 Å². The Balaban J connectivity index is 1.26. The maximum Gasteiger partial charge on any atom is 0.238 e. The van der Waals surface area contributed by atoms with Gasteiger partial charge in [0.05, 0.1) is 10.4 Å². The molecule has 9 nitrogen and oxygen atoms in total. The first-order chi connectivity index (χ1) is 17.2. The zero-order valence-electron chi connectivity index (χ0n) is 21.0. The molecule has 0 unspecified atom stereocenters. The lowest BCUT2D eigenvalue weighted by Gasteiger charge is -2.34. The van der Waals surface area contributed by atoms with E-state index < -0.39 is 14.8 Å². The predicted molar refractivity (Wildman–Crippen MR) is 146 cm³/mol. The van der Waals surface area contributed by atoms with Gasteiger partial charge in [-0.25, -0.2) is 13.4 Å².